The van der Waals surface area contributed by atoms with E-state index in [1.807, 2.05) is 28.8 Å². The standard InChI is InChI=1S/C18H25NO3S2/c1-13(2)24-15-6-4-14(5-7-15)10-17(20)19-9-8-16(11-19)23-12-18(21)22-3/h4-7,13,16H,8-12H2,1-3H3/t16-/m0/s1. The second-order valence-corrected chi connectivity index (χ2v) is 9.06. The topological polar surface area (TPSA) is 46.6 Å². The third-order valence-corrected chi connectivity index (χ3v) is 6.09. The molecule has 1 aliphatic heterocycles. The van der Waals surface area contributed by atoms with Gasteiger partial charge in [0.25, 0.3) is 0 Å². The van der Waals surface area contributed by atoms with Crippen LogP contribution < -0.4 is 0 Å². The number of carbonyl (C=O) groups excluding carboxylic acids is 2. The van der Waals surface area contributed by atoms with Crippen molar-refractivity contribution in [2.24, 2.45) is 0 Å². The van der Waals surface area contributed by atoms with Gasteiger partial charge in [-0.25, -0.2) is 0 Å². The van der Waals surface area contributed by atoms with Crippen molar-refractivity contribution in [3.05, 3.63) is 29.8 Å². The van der Waals surface area contributed by atoms with Gasteiger partial charge in [-0.3, -0.25) is 9.59 Å². The van der Waals surface area contributed by atoms with Crippen molar-refractivity contribution in [2.75, 3.05) is 26.0 Å². The van der Waals surface area contributed by atoms with Gasteiger partial charge in [-0.05, 0) is 24.1 Å². The minimum atomic E-state index is -0.205. The van der Waals surface area contributed by atoms with Crippen molar-refractivity contribution in [2.45, 2.75) is 42.1 Å². The molecule has 0 bridgehead atoms. The summed E-state index contributed by atoms with van der Waals surface area (Å²) in [5.41, 5.74) is 1.05. The van der Waals surface area contributed by atoms with E-state index in [1.165, 1.54) is 12.0 Å². The summed E-state index contributed by atoms with van der Waals surface area (Å²) in [6, 6.07) is 8.27. The minimum Gasteiger partial charge on any atom is -0.468 e. The van der Waals surface area contributed by atoms with E-state index < -0.39 is 0 Å². The van der Waals surface area contributed by atoms with Gasteiger partial charge in [0.05, 0.1) is 19.3 Å². The molecular weight excluding hydrogens is 342 g/mol. The first kappa shape index (κ1) is 19.2. The van der Waals surface area contributed by atoms with Gasteiger partial charge in [-0.1, -0.05) is 26.0 Å². The molecule has 0 radical (unpaired) electrons. The number of nitrogens with zero attached hydrogens (tertiary/aromatic N) is 1. The van der Waals surface area contributed by atoms with Crippen molar-refractivity contribution >= 4 is 35.4 Å². The molecule has 1 amide bonds. The molecule has 1 aromatic rings. The van der Waals surface area contributed by atoms with Crippen molar-refractivity contribution in [3.8, 4) is 0 Å². The number of benzene rings is 1. The minimum absolute atomic E-state index is 0.167. The molecule has 1 atom stereocenters. The quantitative estimate of drug-likeness (QED) is 0.547. The molecule has 0 unspecified atom stereocenters. The summed E-state index contributed by atoms with van der Waals surface area (Å²) in [5.74, 6) is 0.322. The molecule has 24 heavy (non-hydrogen) atoms. The highest BCUT2D eigenvalue weighted by Gasteiger charge is 2.27. The molecule has 1 saturated heterocycles. The number of rotatable bonds is 7. The largest absolute Gasteiger partial charge is 0.468 e. The fourth-order valence-electron chi connectivity index (χ4n) is 2.58. The molecule has 0 aliphatic carbocycles. The molecule has 132 valence electrons. The summed E-state index contributed by atoms with van der Waals surface area (Å²) in [5, 5.41) is 0.888. The van der Waals surface area contributed by atoms with Gasteiger partial charge in [0.1, 0.15) is 0 Å². The van der Waals surface area contributed by atoms with Crippen LogP contribution >= 0.6 is 23.5 Å². The Labute approximate surface area is 152 Å². The molecule has 0 saturated carbocycles. The molecule has 0 aromatic heterocycles. The lowest BCUT2D eigenvalue weighted by atomic mass is 10.1. The molecule has 1 fully saturated rings. The van der Waals surface area contributed by atoms with Crippen LogP contribution in [0.4, 0.5) is 0 Å². The average Bonchev–Trinajstić information content (AvgIpc) is 3.03. The van der Waals surface area contributed by atoms with Crippen molar-refractivity contribution in [1.29, 1.82) is 0 Å². The smallest absolute Gasteiger partial charge is 0.315 e. The van der Waals surface area contributed by atoms with Crippen LogP contribution in [0.15, 0.2) is 29.2 Å². The Morgan fingerprint density at radius 2 is 2.00 bits per heavy atom. The lowest BCUT2D eigenvalue weighted by molar-refractivity contribution is -0.137. The first-order valence-corrected chi connectivity index (χ1v) is 10.1. The number of thioether (sulfide) groups is 2. The number of esters is 1. The van der Waals surface area contributed by atoms with Crippen molar-refractivity contribution < 1.29 is 14.3 Å². The maximum absolute atomic E-state index is 12.4. The normalized spacial score (nSPS) is 17.3. The molecular formula is C18H25NO3S2. The highest BCUT2D eigenvalue weighted by molar-refractivity contribution is 8.00. The second kappa shape index (κ2) is 9.37. The lowest BCUT2D eigenvalue weighted by Gasteiger charge is -2.16. The fourth-order valence-corrected chi connectivity index (χ4v) is 4.46. The average molecular weight is 368 g/mol. The van der Waals surface area contributed by atoms with Gasteiger partial charge < -0.3 is 9.64 Å². The van der Waals surface area contributed by atoms with Crippen molar-refractivity contribution in [3.63, 3.8) is 0 Å². The van der Waals surface area contributed by atoms with E-state index in [1.54, 1.807) is 11.8 Å². The van der Waals surface area contributed by atoms with Crippen LogP contribution in [-0.4, -0.2) is 53.2 Å². The summed E-state index contributed by atoms with van der Waals surface area (Å²) in [6.45, 7) is 5.84. The van der Waals surface area contributed by atoms with Gasteiger partial charge in [-0.15, -0.1) is 23.5 Å². The van der Waals surface area contributed by atoms with E-state index in [2.05, 4.69) is 30.7 Å². The summed E-state index contributed by atoms with van der Waals surface area (Å²) in [4.78, 5) is 26.8. The summed E-state index contributed by atoms with van der Waals surface area (Å²) in [7, 11) is 1.40. The predicted octanol–water partition coefficient (Wildman–Crippen LogP) is 3.24. The van der Waals surface area contributed by atoms with Gasteiger partial charge in [0, 0.05) is 28.5 Å². The van der Waals surface area contributed by atoms with Gasteiger partial charge in [0.2, 0.25) is 5.91 Å². The maximum atomic E-state index is 12.4. The van der Waals surface area contributed by atoms with E-state index in [0.717, 1.165) is 25.1 Å². The third-order valence-electron chi connectivity index (χ3n) is 3.81. The third kappa shape index (κ3) is 6.06. The van der Waals surface area contributed by atoms with Gasteiger partial charge >= 0.3 is 5.97 Å². The van der Waals surface area contributed by atoms with Crippen LogP contribution in [0, 0.1) is 0 Å². The van der Waals surface area contributed by atoms with E-state index in [-0.39, 0.29) is 11.9 Å². The number of amides is 1. The van der Waals surface area contributed by atoms with Crippen LogP contribution in [0.1, 0.15) is 25.8 Å². The molecule has 4 nitrogen and oxygen atoms in total. The highest BCUT2D eigenvalue weighted by atomic mass is 32.2. The van der Waals surface area contributed by atoms with Gasteiger partial charge in [0.15, 0.2) is 0 Å². The zero-order chi connectivity index (χ0) is 17.5. The molecule has 0 spiro atoms. The van der Waals surface area contributed by atoms with Crippen LogP contribution in [0.2, 0.25) is 0 Å². The Morgan fingerprint density at radius 3 is 2.62 bits per heavy atom. The lowest BCUT2D eigenvalue weighted by Crippen LogP contribution is -2.30. The SMILES string of the molecule is COC(=O)CS[C@H]1CCN(C(=O)Cc2ccc(SC(C)C)cc2)C1. The Balaban J connectivity index is 1.79. The molecule has 2 rings (SSSR count). The zero-order valence-corrected chi connectivity index (χ0v) is 16.1. The molecule has 1 aromatic carbocycles. The molecule has 1 aliphatic rings. The maximum Gasteiger partial charge on any atom is 0.315 e. The molecule has 6 heteroatoms. The fraction of sp³-hybridized carbons (Fsp3) is 0.556. The Morgan fingerprint density at radius 1 is 1.29 bits per heavy atom. The number of ether oxygens (including phenoxy) is 1. The van der Waals surface area contributed by atoms with E-state index in [4.69, 9.17) is 0 Å². The van der Waals surface area contributed by atoms with Crippen LogP contribution in [-0.2, 0) is 20.7 Å². The van der Waals surface area contributed by atoms with Crippen LogP contribution in [0.5, 0.6) is 0 Å². The van der Waals surface area contributed by atoms with Crippen molar-refractivity contribution in [1.82, 2.24) is 4.90 Å². The summed E-state index contributed by atoms with van der Waals surface area (Å²) in [6.07, 6.45) is 1.39. The highest BCUT2D eigenvalue weighted by Crippen LogP contribution is 2.25. The summed E-state index contributed by atoms with van der Waals surface area (Å²) < 4.78 is 4.65. The van der Waals surface area contributed by atoms with E-state index in [9.17, 15) is 9.59 Å². The van der Waals surface area contributed by atoms with Crippen LogP contribution in [0.25, 0.3) is 0 Å². The van der Waals surface area contributed by atoms with E-state index >= 15 is 0 Å². The number of hydrogen-bond donors (Lipinski definition) is 0. The number of methoxy groups -OCH3 is 1. The second-order valence-electron chi connectivity index (χ2n) is 6.12. The first-order chi connectivity index (χ1) is 11.5. The molecule has 1 heterocycles. The van der Waals surface area contributed by atoms with Crippen LogP contribution in [0.3, 0.4) is 0 Å². The van der Waals surface area contributed by atoms with E-state index in [0.29, 0.717) is 22.7 Å². The number of carbonyl (C=O) groups is 2. The first-order valence-electron chi connectivity index (χ1n) is 8.19. The zero-order valence-electron chi connectivity index (χ0n) is 14.5. The molecule has 0 N–H and O–H groups in total. The predicted molar refractivity (Wildman–Crippen MR) is 101 cm³/mol. The Hall–Kier alpha value is -1.14. The number of hydrogen-bond acceptors (Lipinski definition) is 5. The Kier molecular flexibility index (Phi) is 7.49. The monoisotopic (exact) mass is 367 g/mol. The van der Waals surface area contributed by atoms with Gasteiger partial charge in [-0.2, -0.15) is 0 Å². The number of likely N-dealkylation sites (tertiary alicyclic amines) is 1. The summed E-state index contributed by atoms with van der Waals surface area (Å²) >= 11 is 3.41. The Bertz CT molecular complexity index is 560.